The molecule has 0 unspecified atom stereocenters. The number of alkyl halides is 6. The molecule has 19 nitrogen and oxygen atoms in total. The van der Waals surface area contributed by atoms with Gasteiger partial charge in [0.2, 0.25) is 17.3 Å². The molecule has 3 aliphatic rings. The van der Waals surface area contributed by atoms with Crippen molar-refractivity contribution >= 4 is 118 Å². The molecule has 0 radical (unpaired) electrons. The van der Waals surface area contributed by atoms with Crippen LogP contribution < -0.4 is 14.2 Å². The zero-order chi connectivity index (χ0) is 71.0. The molecule has 0 bridgehead atoms. The van der Waals surface area contributed by atoms with Gasteiger partial charge in [-0.1, -0.05) is 85.1 Å². The van der Waals surface area contributed by atoms with E-state index in [1.54, 1.807) is 75.7 Å². The first-order valence-corrected chi connectivity index (χ1v) is 34.6. The number of fused-ring (bicyclic) bond motifs is 3. The lowest BCUT2D eigenvalue weighted by molar-refractivity contribution is -0.138. The predicted octanol–water partition coefficient (Wildman–Crippen LogP) is 14.7. The Balaban J connectivity index is 0.000000159. The molecule has 0 atom stereocenters. The molecule has 6 heterocycles. The summed E-state index contributed by atoms with van der Waals surface area (Å²) in [5, 5.41) is -0.763. The molecule has 9 aromatic rings. The lowest BCUT2D eigenvalue weighted by Crippen LogP contribution is -2.19. The van der Waals surface area contributed by atoms with Crippen LogP contribution in [0.15, 0.2) is 155 Å². The van der Waals surface area contributed by atoms with Gasteiger partial charge in [0.25, 0.3) is 30.1 Å². The van der Waals surface area contributed by atoms with Gasteiger partial charge in [0.1, 0.15) is 29.1 Å². The van der Waals surface area contributed by atoms with Gasteiger partial charge in [-0.15, -0.1) is 0 Å². The van der Waals surface area contributed by atoms with Gasteiger partial charge in [-0.25, -0.2) is 35.2 Å². The Bertz CT molecular complexity index is 5010. The number of benzene rings is 3. The number of hydrogen-bond donors (Lipinski definition) is 3. The Morgan fingerprint density at radius 1 is 0.439 bits per heavy atom. The number of rotatable bonds is 16. The van der Waals surface area contributed by atoms with Crippen molar-refractivity contribution < 1.29 is 66.0 Å². The van der Waals surface area contributed by atoms with Crippen LogP contribution in [0.2, 0.25) is 15.1 Å². The Morgan fingerprint density at radius 2 is 0.796 bits per heavy atom. The summed E-state index contributed by atoms with van der Waals surface area (Å²) in [6.45, 7) is 8.91. The predicted molar refractivity (Wildman–Crippen MR) is 357 cm³/mol. The normalized spacial score (nSPS) is 13.0. The Labute approximate surface area is 572 Å². The van der Waals surface area contributed by atoms with Crippen molar-refractivity contribution in [2.24, 2.45) is 0 Å². The number of allylic oxidation sites excluding steroid dienone is 3. The molecule has 0 aliphatic heterocycles. The SMILES string of the molecule is Cc1cnc(C(=O)c2ccnc3c2C=CC3)c(NS(=O)(=O)c2ccc(Cl)c(C(C)C)c2)c1.Cc1cnc(C(=O)c2ccnc3c2C=CC3)c(NS(=O)(=O)c2ccc(Cl)c(C(F)(F)F)c2)c1.Cc1cnc(C(=O)c2ncnc3c2C=CC3)c(NS(=O)(=O)c2ccc(Cl)c(C(F)(F)F)c2)c1. The fourth-order valence-electron chi connectivity index (χ4n) is 10.3. The highest BCUT2D eigenvalue weighted by Crippen LogP contribution is 2.39. The van der Waals surface area contributed by atoms with E-state index in [1.807, 2.05) is 32.1 Å². The summed E-state index contributed by atoms with van der Waals surface area (Å²) in [5.74, 6) is -1.53. The minimum Gasteiger partial charge on any atom is -0.287 e. The number of anilines is 3. The maximum Gasteiger partial charge on any atom is 0.417 e. The van der Waals surface area contributed by atoms with E-state index in [1.165, 1.54) is 49.2 Å². The number of nitrogens with one attached hydrogen (secondary N) is 3. The number of carbonyl (C=O) groups excluding carboxylic acids is 3. The second kappa shape index (κ2) is 28.1. The van der Waals surface area contributed by atoms with E-state index in [9.17, 15) is 66.0 Å². The number of carbonyl (C=O) groups is 3. The summed E-state index contributed by atoms with van der Waals surface area (Å²) in [5.41, 5.74) is 4.07. The van der Waals surface area contributed by atoms with Crippen molar-refractivity contribution in [3.63, 3.8) is 0 Å². The zero-order valence-electron chi connectivity index (χ0n) is 51.6. The molecule has 3 aliphatic carbocycles. The molecule has 0 fully saturated rings. The molecule has 6 aromatic heterocycles. The number of halogens is 9. The Morgan fingerprint density at radius 3 is 1.18 bits per heavy atom. The number of hydrogen-bond acceptors (Lipinski definition) is 16. The Kier molecular flexibility index (Phi) is 20.4. The molecule has 3 N–H and O–H groups in total. The Hall–Kier alpha value is -9.58. The van der Waals surface area contributed by atoms with E-state index in [4.69, 9.17) is 34.8 Å². The van der Waals surface area contributed by atoms with E-state index >= 15 is 0 Å². The second-order valence-electron chi connectivity index (χ2n) is 22.5. The average Bonchev–Trinajstić information content (AvgIpc) is 0.903. The topological polar surface area (TPSA) is 280 Å². The van der Waals surface area contributed by atoms with E-state index < -0.39 is 85.0 Å². The van der Waals surface area contributed by atoms with Gasteiger partial charge >= 0.3 is 12.4 Å². The van der Waals surface area contributed by atoms with Crippen LogP contribution in [-0.2, 0) is 61.7 Å². The number of pyridine rings is 5. The molecule has 0 saturated carbocycles. The largest absolute Gasteiger partial charge is 0.417 e. The molecular formula is C67H51Cl3F6N10O9S3. The third-order valence-corrected chi connectivity index (χ3v) is 20.2. The maximum atomic E-state index is 13.4. The number of ketones is 3. The number of aryl methyl sites for hydroxylation is 3. The van der Waals surface area contributed by atoms with Gasteiger partial charge in [0.15, 0.2) is 0 Å². The maximum absolute atomic E-state index is 13.4. The van der Waals surface area contributed by atoms with Gasteiger partial charge in [0, 0.05) is 83.1 Å². The van der Waals surface area contributed by atoms with E-state index in [2.05, 4.69) is 49.1 Å². The van der Waals surface area contributed by atoms with Crippen molar-refractivity contribution in [1.29, 1.82) is 0 Å². The van der Waals surface area contributed by atoms with Gasteiger partial charge in [-0.2, -0.15) is 26.3 Å². The molecule has 504 valence electrons. The summed E-state index contributed by atoms with van der Waals surface area (Å²) >= 11 is 17.4. The van der Waals surface area contributed by atoms with E-state index in [-0.39, 0.29) is 62.0 Å². The van der Waals surface area contributed by atoms with Crippen LogP contribution >= 0.6 is 34.8 Å². The van der Waals surface area contributed by atoms with Crippen LogP contribution in [0.5, 0.6) is 0 Å². The molecule has 0 saturated heterocycles. The fraction of sp³-hybridized carbons (Fsp3) is 0.164. The van der Waals surface area contributed by atoms with E-state index in [0.29, 0.717) is 75.6 Å². The van der Waals surface area contributed by atoms with Crippen molar-refractivity contribution in [2.75, 3.05) is 14.2 Å². The summed E-state index contributed by atoms with van der Waals surface area (Å²) in [6, 6.07) is 16.5. The average molecular weight is 1460 g/mol. The van der Waals surface area contributed by atoms with Crippen molar-refractivity contribution in [1.82, 2.24) is 34.9 Å². The van der Waals surface area contributed by atoms with Crippen LogP contribution in [-0.4, -0.2) is 77.5 Å². The molecule has 0 spiro atoms. The molecule has 3 aromatic carbocycles. The lowest BCUT2D eigenvalue weighted by Gasteiger charge is -2.15. The third-order valence-electron chi connectivity index (χ3n) is 15.1. The zero-order valence-corrected chi connectivity index (χ0v) is 56.4. The van der Waals surface area contributed by atoms with Gasteiger partial charge in [-0.3, -0.25) is 53.5 Å². The van der Waals surface area contributed by atoms with Crippen LogP contribution in [0.1, 0.15) is 135 Å². The monoisotopic (exact) mass is 1450 g/mol. The molecule has 12 rings (SSSR count). The third kappa shape index (κ3) is 15.5. The van der Waals surface area contributed by atoms with Crippen LogP contribution in [0.4, 0.5) is 43.4 Å². The first-order chi connectivity index (χ1) is 46.1. The van der Waals surface area contributed by atoms with Gasteiger partial charge in [0.05, 0.1) is 70.0 Å². The summed E-state index contributed by atoms with van der Waals surface area (Å²) < 4.78 is 164. The van der Waals surface area contributed by atoms with Gasteiger partial charge < -0.3 is 0 Å². The van der Waals surface area contributed by atoms with Crippen molar-refractivity contribution in [3.8, 4) is 0 Å². The summed E-state index contributed by atoms with van der Waals surface area (Å²) in [4.78, 5) is 67.7. The van der Waals surface area contributed by atoms with Crippen molar-refractivity contribution in [2.45, 2.75) is 86.8 Å². The minimum atomic E-state index is -4.85. The second-order valence-corrected chi connectivity index (χ2v) is 28.8. The van der Waals surface area contributed by atoms with Crippen LogP contribution in [0, 0.1) is 20.8 Å². The van der Waals surface area contributed by atoms with Crippen LogP contribution in [0.25, 0.3) is 18.2 Å². The quantitative estimate of drug-likeness (QED) is 0.0599. The smallest absolute Gasteiger partial charge is 0.287 e. The number of aromatic nitrogens is 7. The first kappa shape index (κ1) is 71.2. The van der Waals surface area contributed by atoms with E-state index in [0.717, 1.165) is 46.6 Å². The van der Waals surface area contributed by atoms with Gasteiger partial charge in [-0.05, 0) is 134 Å². The molecular weight excluding hydrogens is 1410 g/mol. The molecule has 0 amide bonds. The minimum absolute atomic E-state index is 0.0333. The number of nitrogens with zero attached hydrogens (tertiary/aromatic N) is 7. The summed E-state index contributed by atoms with van der Waals surface area (Å²) in [7, 11) is -13.0. The molecule has 98 heavy (non-hydrogen) atoms. The first-order valence-electron chi connectivity index (χ1n) is 29.1. The summed E-state index contributed by atoms with van der Waals surface area (Å²) in [6.07, 6.45) is 11.5. The lowest BCUT2D eigenvalue weighted by atomic mass is 10.0. The fourth-order valence-corrected chi connectivity index (χ4v) is 14.4. The molecule has 31 heteroatoms. The van der Waals surface area contributed by atoms with Crippen LogP contribution in [0.3, 0.4) is 0 Å². The highest BCUT2D eigenvalue weighted by atomic mass is 35.5. The van der Waals surface area contributed by atoms with Crippen molar-refractivity contribution in [3.05, 3.63) is 257 Å². The standard InChI is InChI=1S/C24H22ClN3O3S.C22H15ClF3N3O3S.C21H14ClF3N4O3S/c1-14(2)19-12-16(7-8-20(19)25)32(30,31)28-22-11-15(3)13-27-23(22)24(29)18-9-10-26-21-6-4-5-17(18)21;1-12-9-19(29-33(31,32)13-5-6-17(23)16(10-13)22(24,25)26)20(28-11-12)21(30)15-7-8-27-18-4-2-3-14(15)18;1-11-7-17(29-33(31,32)12-5-6-15(22)14(8-12)21(23,24)25)19(26-9-11)20(30)18-13-3-2-4-16(13)27-10-28-18/h4-5,7-14,28H,6H2,1-3H3;2-3,5-11,29H,4H2,1H3;2-3,5-10,29H,4H2,1H3. The number of sulfonamides is 3. The highest BCUT2D eigenvalue weighted by Gasteiger charge is 2.37. The highest BCUT2D eigenvalue weighted by molar-refractivity contribution is 7.93.